The van der Waals surface area contributed by atoms with Crippen LogP contribution in [0.1, 0.15) is 0 Å². The maximum atomic E-state index is 5.58. The van der Waals surface area contributed by atoms with Crippen molar-refractivity contribution in [2.75, 3.05) is 0 Å². The molecule has 0 spiro atoms. The van der Waals surface area contributed by atoms with E-state index in [1.807, 2.05) is 0 Å². The van der Waals surface area contributed by atoms with Gasteiger partial charge in [0, 0.05) is 32.7 Å². The number of aromatic nitrogens is 3. The van der Waals surface area contributed by atoms with Crippen molar-refractivity contribution in [1.29, 1.82) is 0 Å². The lowest BCUT2D eigenvalue weighted by atomic mass is 9.91. The Morgan fingerprint density at radius 2 is 0.776 bits per heavy atom. The van der Waals surface area contributed by atoms with Crippen molar-refractivity contribution < 1.29 is 0 Å². The van der Waals surface area contributed by atoms with Gasteiger partial charge in [0.05, 0.1) is 27.9 Å². The van der Waals surface area contributed by atoms with Crippen molar-refractivity contribution >= 4 is 54.3 Å². The molecule has 0 fully saturated rings. The Labute approximate surface area is 388 Å². The molecule has 3 heteroatoms. The highest BCUT2D eigenvalue weighted by molar-refractivity contribution is 6.16. The summed E-state index contributed by atoms with van der Waals surface area (Å²) in [5, 5.41) is 8.10. The van der Waals surface area contributed by atoms with Gasteiger partial charge < -0.3 is 4.57 Å². The van der Waals surface area contributed by atoms with E-state index in [9.17, 15) is 0 Å². The Morgan fingerprint density at radius 3 is 1.45 bits per heavy atom. The highest BCUT2D eigenvalue weighted by atomic mass is 15.0. The fraction of sp³-hybridized carbons (Fsp3) is 0. The zero-order valence-corrected chi connectivity index (χ0v) is 36.5. The van der Waals surface area contributed by atoms with Crippen LogP contribution in [0.3, 0.4) is 0 Å². The molecule has 0 unspecified atom stereocenters. The normalized spacial score (nSPS) is 11.6. The van der Waals surface area contributed by atoms with Crippen LogP contribution in [0.5, 0.6) is 0 Å². The Bertz CT molecular complexity index is 3990. The van der Waals surface area contributed by atoms with Crippen LogP contribution in [0.15, 0.2) is 249 Å². The molecule has 0 radical (unpaired) electrons. The summed E-state index contributed by atoms with van der Waals surface area (Å²) in [5.74, 6) is 0.685. The minimum atomic E-state index is 0.685. The van der Waals surface area contributed by atoms with Crippen LogP contribution in [0.4, 0.5) is 0 Å². The number of hydrogen-bond donors (Lipinski definition) is 0. The molecule has 0 saturated carbocycles. The van der Waals surface area contributed by atoms with Crippen LogP contribution >= 0.6 is 0 Å². The first-order valence-corrected chi connectivity index (χ1v) is 22.9. The monoisotopic (exact) mass is 851 g/mol. The smallest absolute Gasteiger partial charge is 0.161 e. The molecule has 11 aromatic carbocycles. The zero-order valence-electron chi connectivity index (χ0n) is 36.5. The van der Waals surface area contributed by atoms with Gasteiger partial charge in [-0.15, -0.1) is 0 Å². The van der Waals surface area contributed by atoms with Crippen LogP contribution in [0.2, 0.25) is 0 Å². The molecule has 0 bridgehead atoms. The predicted octanol–water partition coefficient (Wildman–Crippen LogP) is 17.0. The summed E-state index contributed by atoms with van der Waals surface area (Å²) in [6.07, 6.45) is 0. The SMILES string of the molecule is c1ccc(-c2ccc(-c3nc(-c4ccc(-n5c6ccc(-c7ccccc7)cc6c6cc7ccccc7cc65)c5ccccc45)nc4cc(-c5ccccc5)c(-c5ccccc5)cc34)cc2)cc1. The Hall–Kier alpha value is -8.92. The van der Waals surface area contributed by atoms with Crippen LogP contribution < -0.4 is 0 Å². The molecule has 0 aliphatic carbocycles. The fourth-order valence-electron chi connectivity index (χ4n) is 10.1. The standard InChI is InChI=1S/C64H41N3/c1-5-17-42(18-6-1)44-29-31-47(32-30-44)63-58-40-54(45-21-9-3-10-22-45)55(46-23-11-4-12-24-46)41-59(58)65-64(66-63)53-34-36-60(52-28-16-15-27-51(52)53)67-61-35-33-50(43-19-7-2-8-20-43)38-56(61)57-37-48-25-13-14-26-49(48)39-62(57)67/h1-41H. The molecule has 0 amide bonds. The first kappa shape index (κ1) is 38.5. The van der Waals surface area contributed by atoms with Gasteiger partial charge in [-0.05, 0) is 109 Å². The average Bonchev–Trinajstić information content (AvgIpc) is 3.72. The summed E-state index contributed by atoms with van der Waals surface area (Å²) < 4.78 is 2.45. The molecule has 0 aliphatic heterocycles. The minimum Gasteiger partial charge on any atom is -0.309 e. The van der Waals surface area contributed by atoms with Gasteiger partial charge in [-0.3, -0.25) is 0 Å². The van der Waals surface area contributed by atoms with Gasteiger partial charge in [-0.2, -0.15) is 0 Å². The molecular weight excluding hydrogens is 811 g/mol. The van der Waals surface area contributed by atoms with Gasteiger partial charge in [0.15, 0.2) is 5.82 Å². The lowest BCUT2D eigenvalue weighted by Gasteiger charge is -2.17. The predicted molar refractivity (Wildman–Crippen MR) is 282 cm³/mol. The number of fused-ring (bicyclic) bond motifs is 6. The highest BCUT2D eigenvalue weighted by Crippen LogP contribution is 2.43. The quantitative estimate of drug-likeness (QED) is 0.160. The summed E-state index contributed by atoms with van der Waals surface area (Å²) in [5.41, 5.74) is 16.5. The van der Waals surface area contributed by atoms with E-state index in [0.29, 0.717) is 5.82 Å². The molecule has 3 nitrogen and oxygen atoms in total. The number of nitrogens with zero attached hydrogens (tertiary/aromatic N) is 3. The molecule has 0 saturated heterocycles. The van der Waals surface area contributed by atoms with E-state index in [-0.39, 0.29) is 0 Å². The van der Waals surface area contributed by atoms with Crippen LogP contribution in [0.25, 0.3) is 127 Å². The molecule has 0 atom stereocenters. The zero-order chi connectivity index (χ0) is 44.3. The molecular formula is C64H41N3. The molecule has 2 heterocycles. The van der Waals surface area contributed by atoms with Gasteiger partial charge in [0.1, 0.15) is 0 Å². The Balaban J connectivity index is 1.05. The van der Waals surface area contributed by atoms with Crippen molar-refractivity contribution in [3.8, 4) is 72.8 Å². The van der Waals surface area contributed by atoms with Crippen molar-refractivity contribution in [2.24, 2.45) is 0 Å². The summed E-state index contributed by atoms with van der Waals surface area (Å²) >= 11 is 0. The van der Waals surface area contributed by atoms with Gasteiger partial charge in [0.25, 0.3) is 0 Å². The maximum Gasteiger partial charge on any atom is 0.161 e. The van der Waals surface area contributed by atoms with Crippen LogP contribution in [-0.4, -0.2) is 14.5 Å². The van der Waals surface area contributed by atoms with E-state index in [1.165, 1.54) is 43.8 Å². The highest BCUT2D eigenvalue weighted by Gasteiger charge is 2.21. The Kier molecular flexibility index (Phi) is 9.17. The third kappa shape index (κ3) is 6.67. The fourth-order valence-corrected chi connectivity index (χ4v) is 10.1. The molecule has 13 rings (SSSR count). The first-order valence-electron chi connectivity index (χ1n) is 22.9. The number of benzene rings is 11. The van der Waals surface area contributed by atoms with Crippen molar-refractivity contribution in [1.82, 2.24) is 14.5 Å². The third-order valence-corrected chi connectivity index (χ3v) is 13.4. The van der Waals surface area contributed by atoms with E-state index in [2.05, 4.69) is 253 Å². The van der Waals surface area contributed by atoms with Crippen molar-refractivity contribution in [3.63, 3.8) is 0 Å². The average molecular weight is 852 g/mol. The Morgan fingerprint density at radius 1 is 0.269 bits per heavy atom. The topological polar surface area (TPSA) is 30.7 Å². The summed E-state index contributed by atoms with van der Waals surface area (Å²) in [6.45, 7) is 0. The second kappa shape index (κ2) is 16.0. The van der Waals surface area contributed by atoms with Gasteiger partial charge in [-0.25, -0.2) is 9.97 Å². The molecule has 2 aromatic heterocycles. The van der Waals surface area contributed by atoms with Crippen molar-refractivity contribution in [3.05, 3.63) is 249 Å². The lowest BCUT2D eigenvalue weighted by molar-refractivity contribution is 1.19. The first-order chi connectivity index (χ1) is 33.2. The third-order valence-electron chi connectivity index (χ3n) is 13.4. The van der Waals surface area contributed by atoms with Gasteiger partial charge in [0.2, 0.25) is 0 Å². The largest absolute Gasteiger partial charge is 0.309 e. The van der Waals surface area contributed by atoms with E-state index in [1.54, 1.807) is 0 Å². The second-order valence-electron chi connectivity index (χ2n) is 17.3. The molecule has 0 aliphatic rings. The molecule has 67 heavy (non-hydrogen) atoms. The summed E-state index contributed by atoms with van der Waals surface area (Å²) in [6, 6.07) is 89.5. The van der Waals surface area contributed by atoms with E-state index in [4.69, 9.17) is 9.97 Å². The second-order valence-corrected chi connectivity index (χ2v) is 17.3. The van der Waals surface area contributed by atoms with E-state index >= 15 is 0 Å². The van der Waals surface area contributed by atoms with E-state index in [0.717, 1.165) is 77.5 Å². The summed E-state index contributed by atoms with van der Waals surface area (Å²) in [4.78, 5) is 11.1. The van der Waals surface area contributed by atoms with Gasteiger partial charge >= 0.3 is 0 Å². The van der Waals surface area contributed by atoms with Crippen LogP contribution in [-0.2, 0) is 0 Å². The minimum absolute atomic E-state index is 0.685. The summed E-state index contributed by atoms with van der Waals surface area (Å²) in [7, 11) is 0. The molecule has 0 N–H and O–H groups in total. The number of hydrogen-bond acceptors (Lipinski definition) is 2. The molecule has 13 aromatic rings. The van der Waals surface area contributed by atoms with Crippen molar-refractivity contribution in [2.45, 2.75) is 0 Å². The van der Waals surface area contributed by atoms with Gasteiger partial charge in [-0.1, -0.05) is 200 Å². The van der Waals surface area contributed by atoms with E-state index < -0.39 is 0 Å². The lowest BCUT2D eigenvalue weighted by Crippen LogP contribution is -2.00. The molecule has 312 valence electrons. The maximum absolute atomic E-state index is 5.58. The van der Waals surface area contributed by atoms with Crippen LogP contribution in [0, 0.1) is 0 Å². The number of rotatable bonds is 7.